The molecule has 0 aliphatic carbocycles. The monoisotopic (exact) mass is 281 g/mol. The van der Waals surface area contributed by atoms with Crippen LogP contribution in [0.2, 0.25) is 0 Å². The number of ketones is 1. The molecule has 1 atom stereocenters. The maximum atomic E-state index is 12.2. The number of carbonyl (C=O) groups is 3. The molecule has 1 aromatic rings. The van der Waals surface area contributed by atoms with Crippen LogP contribution in [0.5, 0.6) is 0 Å². The number of nitrogens with zero attached hydrogens (tertiary/aromatic N) is 1. The lowest BCUT2D eigenvalue weighted by molar-refractivity contribution is -0.143. The van der Waals surface area contributed by atoms with Crippen molar-refractivity contribution in [1.29, 1.82) is 0 Å². The molecule has 0 saturated carbocycles. The first kappa shape index (κ1) is 13.7. The number of carboxylic acid groups (broad SMARTS) is 1. The summed E-state index contributed by atoms with van der Waals surface area (Å²) in [7, 11) is 0. The Balaban J connectivity index is 2.10. The van der Waals surface area contributed by atoms with Crippen molar-refractivity contribution in [2.75, 3.05) is 13.1 Å². The molecule has 1 aliphatic rings. The predicted molar refractivity (Wildman–Crippen MR) is 70.6 cm³/mol. The van der Waals surface area contributed by atoms with Crippen molar-refractivity contribution in [3.05, 3.63) is 21.9 Å². The summed E-state index contributed by atoms with van der Waals surface area (Å²) in [5.41, 5.74) is 0. The van der Waals surface area contributed by atoms with Crippen molar-refractivity contribution < 1.29 is 19.5 Å². The Morgan fingerprint density at radius 1 is 1.32 bits per heavy atom. The van der Waals surface area contributed by atoms with Gasteiger partial charge in [0, 0.05) is 13.1 Å². The van der Waals surface area contributed by atoms with Crippen LogP contribution in [-0.2, 0) is 4.79 Å². The summed E-state index contributed by atoms with van der Waals surface area (Å²) in [5.74, 6) is -1.58. The molecule has 102 valence electrons. The molecule has 6 heteroatoms. The van der Waals surface area contributed by atoms with Crippen molar-refractivity contribution in [1.82, 2.24) is 4.90 Å². The Labute approximate surface area is 114 Å². The lowest BCUT2D eigenvalue weighted by Gasteiger charge is -2.30. The average molecular weight is 281 g/mol. The van der Waals surface area contributed by atoms with E-state index in [0.29, 0.717) is 29.1 Å². The normalized spacial score (nSPS) is 19.2. The van der Waals surface area contributed by atoms with Gasteiger partial charge in [-0.3, -0.25) is 14.4 Å². The summed E-state index contributed by atoms with van der Waals surface area (Å²) in [5, 5.41) is 9.01. The quantitative estimate of drug-likeness (QED) is 0.858. The summed E-state index contributed by atoms with van der Waals surface area (Å²) >= 11 is 1.16. The molecule has 1 fully saturated rings. The third-order valence-corrected chi connectivity index (χ3v) is 4.40. The van der Waals surface area contributed by atoms with Crippen molar-refractivity contribution in [3.63, 3.8) is 0 Å². The Morgan fingerprint density at radius 3 is 2.58 bits per heavy atom. The van der Waals surface area contributed by atoms with E-state index in [1.807, 2.05) is 0 Å². The smallest absolute Gasteiger partial charge is 0.308 e. The molecule has 0 spiro atoms. The first-order chi connectivity index (χ1) is 8.99. The molecule has 1 aromatic heterocycles. The number of thiophene rings is 1. The summed E-state index contributed by atoms with van der Waals surface area (Å²) in [6.45, 7) is 2.29. The van der Waals surface area contributed by atoms with E-state index in [1.165, 1.54) is 6.92 Å². The molecule has 0 aromatic carbocycles. The zero-order valence-corrected chi connectivity index (χ0v) is 11.4. The van der Waals surface area contributed by atoms with E-state index in [1.54, 1.807) is 17.0 Å². The fourth-order valence-corrected chi connectivity index (χ4v) is 3.03. The summed E-state index contributed by atoms with van der Waals surface area (Å²) in [6.07, 6.45) is 1.32. The number of aliphatic carboxylic acids is 1. The van der Waals surface area contributed by atoms with Gasteiger partial charge in [0.1, 0.15) is 0 Å². The number of carbonyl (C=O) groups excluding carboxylic acids is 2. The van der Waals surface area contributed by atoms with Crippen LogP contribution in [0.1, 0.15) is 39.1 Å². The third-order valence-electron chi connectivity index (χ3n) is 3.22. The van der Waals surface area contributed by atoms with Gasteiger partial charge in [-0.2, -0.15) is 0 Å². The minimum atomic E-state index is -0.854. The molecule has 2 rings (SSSR count). The lowest BCUT2D eigenvalue weighted by Crippen LogP contribution is -2.42. The molecule has 5 nitrogen and oxygen atoms in total. The van der Waals surface area contributed by atoms with E-state index in [2.05, 4.69) is 0 Å². The highest BCUT2D eigenvalue weighted by atomic mass is 32.1. The van der Waals surface area contributed by atoms with Gasteiger partial charge in [0.05, 0.1) is 15.7 Å². The highest BCUT2D eigenvalue weighted by Crippen LogP contribution is 2.23. The zero-order valence-electron chi connectivity index (χ0n) is 10.6. The van der Waals surface area contributed by atoms with Gasteiger partial charge >= 0.3 is 5.97 Å². The first-order valence-corrected chi connectivity index (χ1v) is 6.93. The zero-order chi connectivity index (χ0) is 14.0. The minimum Gasteiger partial charge on any atom is -0.481 e. The van der Waals surface area contributed by atoms with E-state index in [-0.39, 0.29) is 18.2 Å². The average Bonchev–Trinajstić information content (AvgIpc) is 2.87. The van der Waals surface area contributed by atoms with Crippen molar-refractivity contribution in [2.45, 2.75) is 19.8 Å². The third kappa shape index (κ3) is 3.01. The van der Waals surface area contributed by atoms with E-state index in [0.717, 1.165) is 11.3 Å². The van der Waals surface area contributed by atoms with Gasteiger partial charge in [-0.25, -0.2) is 0 Å². The second-order valence-electron chi connectivity index (χ2n) is 4.65. The van der Waals surface area contributed by atoms with Gasteiger partial charge in [0.2, 0.25) is 0 Å². The predicted octanol–water partition coefficient (Wildman–Crippen LogP) is 1.89. The maximum Gasteiger partial charge on any atom is 0.308 e. The van der Waals surface area contributed by atoms with Crippen LogP contribution in [0, 0.1) is 5.92 Å². The highest BCUT2D eigenvalue weighted by Gasteiger charge is 2.29. The number of rotatable bonds is 3. The van der Waals surface area contributed by atoms with Gasteiger partial charge in [-0.1, -0.05) is 0 Å². The Hall–Kier alpha value is -1.69. The van der Waals surface area contributed by atoms with Crippen LogP contribution >= 0.6 is 11.3 Å². The molecular formula is C13H15NO4S. The standard InChI is InChI=1S/C13H15NO4S/c1-8(15)10-4-5-11(19-10)12(16)14-6-2-3-9(7-14)13(17)18/h4-5,9H,2-3,6-7H2,1H3,(H,17,18). The van der Waals surface area contributed by atoms with E-state index < -0.39 is 11.9 Å². The number of Topliss-reactive ketones (excluding diaryl/α,β-unsaturated/α-hetero) is 1. The molecule has 1 aliphatic heterocycles. The van der Waals surface area contributed by atoms with Crippen molar-refractivity contribution in [3.8, 4) is 0 Å². The van der Waals surface area contributed by atoms with Crippen LogP contribution in [0.3, 0.4) is 0 Å². The van der Waals surface area contributed by atoms with E-state index in [4.69, 9.17) is 5.11 Å². The second kappa shape index (κ2) is 5.52. The topological polar surface area (TPSA) is 74.7 Å². The number of piperidine rings is 1. The molecule has 0 radical (unpaired) electrons. The number of hydrogen-bond donors (Lipinski definition) is 1. The fraction of sp³-hybridized carbons (Fsp3) is 0.462. The highest BCUT2D eigenvalue weighted by molar-refractivity contribution is 7.15. The number of hydrogen-bond acceptors (Lipinski definition) is 4. The largest absolute Gasteiger partial charge is 0.481 e. The molecule has 19 heavy (non-hydrogen) atoms. The van der Waals surface area contributed by atoms with Crippen LogP contribution in [0.25, 0.3) is 0 Å². The maximum absolute atomic E-state index is 12.2. The SMILES string of the molecule is CC(=O)c1ccc(C(=O)N2CCCC(C(=O)O)C2)s1. The molecule has 1 saturated heterocycles. The van der Waals surface area contributed by atoms with Crippen LogP contribution in [0.15, 0.2) is 12.1 Å². The number of amides is 1. The van der Waals surface area contributed by atoms with Gasteiger partial charge in [0.25, 0.3) is 5.91 Å². The van der Waals surface area contributed by atoms with Crippen LogP contribution in [0.4, 0.5) is 0 Å². The van der Waals surface area contributed by atoms with Crippen LogP contribution in [-0.4, -0.2) is 40.8 Å². The second-order valence-corrected chi connectivity index (χ2v) is 5.73. The molecule has 1 N–H and O–H groups in total. The van der Waals surface area contributed by atoms with Gasteiger partial charge in [-0.05, 0) is 31.9 Å². The van der Waals surface area contributed by atoms with Crippen LogP contribution < -0.4 is 0 Å². The molecule has 1 amide bonds. The summed E-state index contributed by atoms with van der Waals surface area (Å²) in [4.78, 5) is 37.0. The lowest BCUT2D eigenvalue weighted by atomic mass is 9.98. The Morgan fingerprint density at radius 2 is 2.00 bits per heavy atom. The van der Waals surface area contributed by atoms with Gasteiger partial charge < -0.3 is 10.0 Å². The first-order valence-electron chi connectivity index (χ1n) is 6.12. The molecule has 1 unspecified atom stereocenters. The van der Waals surface area contributed by atoms with E-state index >= 15 is 0 Å². The van der Waals surface area contributed by atoms with Crippen molar-refractivity contribution in [2.24, 2.45) is 5.92 Å². The Bertz CT molecular complexity index is 522. The summed E-state index contributed by atoms with van der Waals surface area (Å²) < 4.78 is 0. The number of carboxylic acids is 1. The summed E-state index contributed by atoms with van der Waals surface area (Å²) in [6, 6.07) is 3.27. The molecule has 2 heterocycles. The van der Waals surface area contributed by atoms with Gasteiger partial charge in [0.15, 0.2) is 5.78 Å². The van der Waals surface area contributed by atoms with Gasteiger partial charge in [-0.15, -0.1) is 11.3 Å². The minimum absolute atomic E-state index is 0.0638. The number of likely N-dealkylation sites (tertiary alicyclic amines) is 1. The molecule has 0 bridgehead atoms. The van der Waals surface area contributed by atoms with Crippen molar-refractivity contribution >= 4 is 29.0 Å². The Kier molecular flexibility index (Phi) is 3.99. The van der Waals surface area contributed by atoms with E-state index in [9.17, 15) is 14.4 Å². The fourth-order valence-electron chi connectivity index (χ4n) is 2.16. The molecular weight excluding hydrogens is 266 g/mol.